The molecule has 106 valence electrons. The molecule has 0 saturated carbocycles. The molecule has 1 aliphatic rings. The molecule has 1 heterocycles. The van der Waals surface area contributed by atoms with Gasteiger partial charge >= 0.3 is 5.97 Å². The van der Waals surface area contributed by atoms with Gasteiger partial charge in [-0.25, -0.2) is 13.2 Å². The number of sulfone groups is 1. The maximum atomic E-state index is 12.7. The summed E-state index contributed by atoms with van der Waals surface area (Å²) in [5, 5.41) is 9.04. The van der Waals surface area contributed by atoms with Gasteiger partial charge in [0, 0.05) is 4.90 Å². The van der Waals surface area contributed by atoms with Gasteiger partial charge in [-0.2, -0.15) is 0 Å². The van der Waals surface area contributed by atoms with Crippen molar-refractivity contribution in [3.05, 3.63) is 53.1 Å². The Hall–Kier alpha value is -2.05. The Labute approximate surface area is 127 Å². The molecule has 1 aliphatic heterocycles. The molecule has 4 nitrogen and oxygen atoms in total. The van der Waals surface area contributed by atoms with Crippen LogP contribution in [-0.4, -0.2) is 19.5 Å². The van der Waals surface area contributed by atoms with Crippen LogP contribution in [0.25, 0.3) is 12.2 Å². The quantitative estimate of drug-likeness (QED) is 0.677. The van der Waals surface area contributed by atoms with E-state index in [-0.39, 0.29) is 15.4 Å². The number of fused-ring (bicyclic) bond motifs is 2. The predicted molar refractivity (Wildman–Crippen MR) is 81.5 cm³/mol. The van der Waals surface area contributed by atoms with Crippen LogP contribution in [0.2, 0.25) is 0 Å². The highest BCUT2D eigenvalue weighted by atomic mass is 32.2. The second-order valence-electron chi connectivity index (χ2n) is 4.62. The van der Waals surface area contributed by atoms with E-state index in [9.17, 15) is 13.2 Å². The van der Waals surface area contributed by atoms with Crippen LogP contribution >= 0.6 is 12.6 Å². The van der Waals surface area contributed by atoms with Crippen molar-refractivity contribution in [2.45, 2.75) is 14.7 Å². The van der Waals surface area contributed by atoms with Crippen molar-refractivity contribution in [2.75, 3.05) is 0 Å². The Morgan fingerprint density at radius 3 is 2.38 bits per heavy atom. The summed E-state index contributed by atoms with van der Waals surface area (Å²) in [7, 11) is -3.77. The molecule has 6 heteroatoms. The second kappa shape index (κ2) is 4.75. The van der Waals surface area contributed by atoms with E-state index < -0.39 is 15.8 Å². The fraction of sp³-hybridized carbons (Fsp3) is 0. The monoisotopic (exact) mass is 318 g/mol. The maximum Gasteiger partial charge on any atom is 0.335 e. The molecule has 0 amide bonds. The number of benzene rings is 2. The molecule has 2 aromatic carbocycles. The molecule has 0 saturated heterocycles. The molecule has 0 fully saturated rings. The van der Waals surface area contributed by atoms with Crippen molar-refractivity contribution in [1.82, 2.24) is 0 Å². The first kappa shape index (κ1) is 13.9. The number of aromatic carboxylic acids is 1. The van der Waals surface area contributed by atoms with Crippen LogP contribution in [0.1, 0.15) is 21.5 Å². The van der Waals surface area contributed by atoms with Crippen molar-refractivity contribution in [3.63, 3.8) is 0 Å². The van der Waals surface area contributed by atoms with Crippen LogP contribution in [0.5, 0.6) is 0 Å². The van der Waals surface area contributed by atoms with E-state index >= 15 is 0 Å². The van der Waals surface area contributed by atoms with E-state index in [4.69, 9.17) is 5.11 Å². The van der Waals surface area contributed by atoms with Crippen molar-refractivity contribution < 1.29 is 18.3 Å². The standard InChI is InChI=1S/C15H10O4S2/c16-15(17)11-4-2-9-1-3-10-7-12(20)5-6-13(10)21(18,19)14(9)8-11/h1-8,20H,(H,16,17). The Morgan fingerprint density at radius 1 is 0.952 bits per heavy atom. The molecule has 0 spiro atoms. The van der Waals surface area contributed by atoms with Crippen LogP contribution in [0.4, 0.5) is 0 Å². The lowest BCUT2D eigenvalue weighted by molar-refractivity contribution is 0.0696. The fourth-order valence-corrected chi connectivity index (χ4v) is 4.11. The van der Waals surface area contributed by atoms with Crippen molar-refractivity contribution in [3.8, 4) is 0 Å². The lowest BCUT2D eigenvalue weighted by Crippen LogP contribution is -2.07. The molecule has 0 unspecified atom stereocenters. The Balaban J connectivity index is 2.34. The number of rotatable bonds is 1. The third-order valence-corrected chi connectivity index (χ3v) is 5.44. The van der Waals surface area contributed by atoms with E-state index in [1.807, 2.05) is 0 Å². The van der Waals surface area contributed by atoms with Crippen LogP contribution in [0, 0.1) is 0 Å². The average molecular weight is 318 g/mol. The average Bonchev–Trinajstić information content (AvgIpc) is 2.54. The number of carbonyl (C=O) groups is 1. The van der Waals surface area contributed by atoms with Crippen molar-refractivity contribution in [1.29, 1.82) is 0 Å². The zero-order valence-electron chi connectivity index (χ0n) is 10.6. The first-order valence-electron chi connectivity index (χ1n) is 6.03. The summed E-state index contributed by atoms with van der Waals surface area (Å²) in [6, 6.07) is 8.83. The molecule has 0 bridgehead atoms. The van der Waals surface area contributed by atoms with Gasteiger partial charge in [0.05, 0.1) is 15.4 Å². The minimum absolute atomic E-state index is 0.00399. The first-order valence-corrected chi connectivity index (χ1v) is 7.96. The normalized spacial score (nSPS) is 14.9. The highest BCUT2D eigenvalue weighted by Gasteiger charge is 2.26. The highest BCUT2D eigenvalue weighted by Crippen LogP contribution is 2.33. The summed E-state index contributed by atoms with van der Waals surface area (Å²) in [4.78, 5) is 11.9. The third kappa shape index (κ3) is 2.26. The Morgan fingerprint density at radius 2 is 1.67 bits per heavy atom. The molecule has 21 heavy (non-hydrogen) atoms. The van der Waals surface area contributed by atoms with E-state index in [0.717, 1.165) is 0 Å². The van der Waals surface area contributed by atoms with Crippen molar-refractivity contribution in [2.24, 2.45) is 0 Å². The van der Waals surface area contributed by atoms with Gasteiger partial charge in [0.25, 0.3) is 0 Å². The van der Waals surface area contributed by atoms with Gasteiger partial charge in [0.2, 0.25) is 9.84 Å². The van der Waals surface area contributed by atoms with Gasteiger partial charge in [-0.15, -0.1) is 12.6 Å². The lowest BCUT2D eigenvalue weighted by atomic mass is 10.1. The van der Waals surface area contributed by atoms with Gasteiger partial charge in [-0.05, 0) is 41.5 Å². The van der Waals surface area contributed by atoms with Gasteiger partial charge in [-0.1, -0.05) is 18.2 Å². The summed E-state index contributed by atoms with van der Waals surface area (Å²) in [6.07, 6.45) is 3.36. The lowest BCUT2D eigenvalue weighted by Gasteiger charge is -2.09. The molecule has 2 aromatic rings. The molecule has 0 atom stereocenters. The first-order chi connectivity index (χ1) is 9.89. The predicted octanol–water partition coefficient (Wildman–Crippen LogP) is 2.99. The summed E-state index contributed by atoms with van der Waals surface area (Å²) < 4.78 is 25.5. The molecule has 1 N–H and O–H groups in total. The van der Waals surface area contributed by atoms with Crippen LogP contribution in [-0.2, 0) is 9.84 Å². The topological polar surface area (TPSA) is 71.4 Å². The molecule has 3 rings (SSSR count). The summed E-state index contributed by atoms with van der Waals surface area (Å²) in [5.74, 6) is -1.16. The molecular weight excluding hydrogens is 308 g/mol. The molecule has 0 aromatic heterocycles. The van der Waals surface area contributed by atoms with E-state index in [0.29, 0.717) is 16.0 Å². The number of carboxylic acid groups (broad SMARTS) is 1. The summed E-state index contributed by atoms with van der Waals surface area (Å²) in [6.45, 7) is 0. The van der Waals surface area contributed by atoms with E-state index in [1.165, 1.54) is 24.3 Å². The SMILES string of the molecule is O=C(O)c1ccc2c(c1)S(=O)(=O)c1ccc(S)cc1C=C2. The van der Waals surface area contributed by atoms with Crippen LogP contribution in [0.3, 0.4) is 0 Å². The zero-order valence-corrected chi connectivity index (χ0v) is 12.4. The van der Waals surface area contributed by atoms with Crippen LogP contribution in [0.15, 0.2) is 51.1 Å². The van der Waals surface area contributed by atoms with Gasteiger partial charge in [0.1, 0.15) is 0 Å². The maximum absolute atomic E-state index is 12.7. The summed E-state index contributed by atoms with van der Waals surface area (Å²) >= 11 is 4.21. The van der Waals surface area contributed by atoms with Gasteiger partial charge in [-0.3, -0.25) is 0 Å². The third-order valence-electron chi connectivity index (χ3n) is 3.28. The molecular formula is C15H10O4S2. The zero-order chi connectivity index (χ0) is 15.2. The Bertz CT molecular complexity index is 896. The van der Waals surface area contributed by atoms with Gasteiger partial charge in [0.15, 0.2) is 0 Å². The second-order valence-corrected chi connectivity index (χ2v) is 7.02. The number of carboxylic acids is 1. The van der Waals surface area contributed by atoms with E-state index in [2.05, 4.69) is 12.6 Å². The van der Waals surface area contributed by atoms with Gasteiger partial charge < -0.3 is 5.11 Å². The molecule has 0 aliphatic carbocycles. The minimum atomic E-state index is -3.77. The Kier molecular flexibility index (Phi) is 3.15. The highest BCUT2D eigenvalue weighted by molar-refractivity contribution is 7.91. The number of hydrogen-bond acceptors (Lipinski definition) is 4. The van der Waals surface area contributed by atoms with Crippen LogP contribution < -0.4 is 0 Å². The fourth-order valence-electron chi connectivity index (χ4n) is 2.25. The van der Waals surface area contributed by atoms with E-state index in [1.54, 1.807) is 24.3 Å². The number of hydrogen-bond donors (Lipinski definition) is 2. The van der Waals surface area contributed by atoms with Crippen molar-refractivity contribution >= 4 is 40.6 Å². The molecule has 0 radical (unpaired) electrons. The smallest absolute Gasteiger partial charge is 0.335 e. The number of thiol groups is 1. The summed E-state index contributed by atoms with van der Waals surface area (Å²) in [5.41, 5.74) is 0.951. The largest absolute Gasteiger partial charge is 0.478 e. The minimum Gasteiger partial charge on any atom is -0.478 e.